The maximum Gasteiger partial charge on any atom is 0.216 e. The molecule has 0 fully saturated rings. The van der Waals surface area contributed by atoms with Crippen LogP contribution in [0.2, 0.25) is 0 Å². The Morgan fingerprint density at radius 1 is 1.44 bits per heavy atom. The number of terminal acetylenes is 1. The summed E-state index contributed by atoms with van der Waals surface area (Å²) in [5.74, 6) is 8.50. The second-order valence-corrected chi connectivity index (χ2v) is 3.26. The third-order valence-electron chi connectivity index (χ3n) is 1.89. The summed E-state index contributed by atoms with van der Waals surface area (Å²) in [5.41, 5.74) is 1.73. The van der Waals surface area contributed by atoms with Gasteiger partial charge in [-0.05, 0) is 18.2 Å². The Morgan fingerprint density at radius 2 is 2.19 bits per heavy atom. The summed E-state index contributed by atoms with van der Waals surface area (Å²) in [4.78, 5) is 10.6. The lowest BCUT2D eigenvalue weighted by atomic mass is 10.1. The number of benzene rings is 1. The molecule has 0 radical (unpaired) electrons. The number of nitrogens with one attached hydrogen (secondary N) is 1. The third-order valence-corrected chi connectivity index (χ3v) is 1.89. The van der Waals surface area contributed by atoms with E-state index in [-0.39, 0.29) is 5.91 Å². The van der Waals surface area contributed by atoms with Crippen molar-refractivity contribution in [1.29, 1.82) is 0 Å². The number of rotatable bonds is 2. The van der Waals surface area contributed by atoms with Crippen LogP contribution >= 0.6 is 0 Å². The molecule has 1 aromatic rings. The summed E-state index contributed by atoms with van der Waals surface area (Å²) in [6, 6.07) is 7.52. The van der Waals surface area contributed by atoms with Crippen LogP contribution in [0, 0.1) is 24.2 Å². The minimum Gasteiger partial charge on any atom is -0.355 e. The Kier molecular flexibility index (Phi) is 4.70. The van der Waals surface area contributed by atoms with Gasteiger partial charge in [-0.1, -0.05) is 23.8 Å². The van der Waals surface area contributed by atoms with Crippen LogP contribution in [0.4, 0.5) is 0 Å². The first-order valence-corrected chi connectivity index (χ1v) is 5.02. The molecule has 0 unspecified atom stereocenters. The number of carbonyl (C=O) groups is 1. The van der Waals surface area contributed by atoms with Gasteiger partial charge in [-0.25, -0.2) is 0 Å². The molecule has 0 aromatic heterocycles. The summed E-state index contributed by atoms with van der Waals surface area (Å²) < 4.78 is 0. The molecule has 0 aliphatic carbocycles. The largest absolute Gasteiger partial charge is 0.355 e. The van der Waals surface area contributed by atoms with Crippen molar-refractivity contribution in [2.45, 2.75) is 13.3 Å². The highest BCUT2D eigenvalue weighted by Gasteiger charge is 1.89. The zero-order valence-electron chi connectivity index (χ0n) is 9.21. The monoisotopic (exact) mass is 211 g/mol. The van der Waals surface area contributed by atoms with Crippen molar-refractivity contribution in [2.75, 3.05) is 6.54 Å². The molecule has 1 N–H and O–H groups in total. The molecule has 0 atom stereocenters. The molecule has 2 nitrogen and oxygen atoms in total. The van der Waals surface area contributed by atoms with Crippen LogP contribution in [0.1, 0.15) is 24.5 Å². The van der Waals surface area contributed by atoms with Gasteiger partial charge in [0.2, 0.25) is 5.91 Å². The van der Waals surface area contributed by atoms with Crippen molar-refractivity contribution in [3.8, 4) is 24.2 Å². The summed E-state index contributed by atoms with van der Waals surface area (Å²) >= 11 is 0. The van der Waals surface area contributed by atoms with Gasteiger partial charge in [0.05, 0.1) is 0 Å². The van der Waals surface area contributed by atoms with E-state index in [4.69, 9.17) is 6.42 Å². The molecule has 1 aromatic carbocycles. The molecule has 0 saturated carbocycles. The van der Waals surface area contributed by atoms with Gasteiger partial charge in [-0.2, -0.15) is 0 Å². The molecule has 80 valence electrons. The Balaban J connectivity index is 2.50. The zero-order valence-corrected chi connectivity index (χ0v) is 9.21. The predicted molar refractivity (Wildman–Crippen MR) is 64.6 cm³/mol. The summed E-state index contributed by atoms with van der Waals surface area (Å²) in [6.45, 7) is 2.07. The van der Waals surface area contributed by atoms with Gasteiger partial charge in [0, 0.05) is 31.0 Å². The van der Waals surface area contributed by atoms with Crippen LogP contribution in [0.3, 0.4) is 0 Å². The van der Waals surface area contributed by atoms with Crippen molar-refractivity contribution in [1.82, 2.24) is 5.32 Å². The molecule has 1 rings (SSSR count). The first kappa shape index (κ1) is 11.9. The van der Waals surface area contributed by atoms with E-state index >= 15 is 0 Å². The van der Waals surface area contributed by atoms with E-state index in [9.17, 15) is 4.79 Å². The predicted octanol–water partition coefficient (Wildman–Crippen LogP) is 1.55. The summed E-state index contributed by atoms with van der Waals surface area (Å²) in [7, 11) is 0. The summed E-state index contributed by atoms with van der Waals surface area (Å²) in [5, 5.41) is 2.68. The van der Waals surface area contributed by atoms with Crippen LogP contribution in [-0.4, -0.2) is 12.5 Å². The van der Waals surface area contributed by atoms with E-state index in [1.165, 1.54) is 6.92 Å². The van der Waals surface area contributed by atoms with Gasteiger partial charge >= 0.3 is 0 Å². The smallest absolute Gasteiger partial charge is 0.216 e. The van der Waals surface area contributed by atoms with Gasteiger partial charge < -0.3 is 5.32 Å². The van der Waals surface area contributed by atoms with Gasteiger partial charge in [0.1, 0.15) is 0 Å². The van der Waals surface area contributed by atoms with Crippen molar-refractivity contribution >= 4 is 5.91 Å². The quantitative estimate of drug-likeness (QED) is 0.583. The topological polar surface area (TPSA) is 29.1 Å². The van der Waals surface area contributed by atoms with Crippen molar-refractivity contribution < 1.29 is 4.79 Å². The highest BCUT2D eigenvalue weighted by Crippen LogP contribution is 2.01. The Morgan fingerprint density at radius 3 is 2.88 bits per heavy atom. The molecule has 0 bridgehead atoms. The highest BCUT2D eigenvalue weighted by atomic mass is 16.1. The minimum absolute atomic E-state index is 0.0314. The van der Waals surface area contributed by atoms with Gasteiger partial charge in [-0.3, -0.25) is 4.79 Å². The second-order valence-electron chi connectivity index (χ2n) is 3.26. The maximum absolute atomic E-state index is 10.6. The fraction of sp³-hybridized carbons (Fsp3) is 0.214. The van der Waals surface area contributed by atoms with Gasteiger partial charge in [0.15, 0.2) is 0 Å². The average Bonchev–Trinajstić information content (AvgIpc) is 2.28. The molecule has 0 aliphatic heterocycles. The van der Waals surface area contributed by atoms with E-state index in [1.54, 1.807) is 0 Å². The van der Waals surface area contributed by atoms with E-state index in [1.807, 2.05) is 24.3 Å². The normalized spacial score (nSPS) is 8.50. The number of carbonyl (C=O) groups excluding carboxylic acids is 1. The Bertz CT molecular complexity index is 471. The summed E-state index contributed by atoms with van der Waals surface area (Å²) in [6.07, 6.45) is 5.92. The van der Waals surface area contributed by atoms with Gasteiger partial charge in [0.25, 0.3) is 0 Å². The van der Waals surface area contributed by atoms with Crippen LogP contribution in [0.15, 0.2) is 24.3 Å². The molecule has 0 saturated heterocycles. The van der Waals surface area contributed by atoms with Crippen molar-refractivity contribution in [2.24, 2.45) is 0 Å². The minimum atomic E-state index is -0.0314. The molecule has 0 heterocycles. The number of hydrogen-bond acceptors (Lipinski definition) is 1. The maximum atomic E-state index is 10.6. The fourth-order valence-electron chi connectivity index (χ4n) is 1.15. The molecular weight excluding hydrogens is 198 g/mol. The third kappa shape index (κ3) is 4.35. The Hall–Kier alpha value is -2.19. The standard InChI is InChI=1S/C14H13NO/c1-3-13-8-6-9-14(11-13)7-4-5-10-15-12(2)16/h1,6,8-9,11H,5,10H2,2H3,(H,15,16). The van der Waals surface area contributed by atoms with Crippen LogP contribution in [-0.2, 0) is 4.79 Å². The molecule has 2 heteroatoms. The van der Waals surface area contributed by atoms with E-state index in [0.717, 1.165) is 11.1 Å². The lowest BCUT2D eigenvalue weighted by Crippen LogP contribution is -2.20. The van der Waals surface area contributed by atoms with E-state index in [0.29, 0.717) is 13.0 Å². The first-order valence-electron chi connectivity index (χ1n) is 5.02. The number of hydrogen-bond donors (Lipinski definition) is 1. The molecule has 1 amide bonds. The van der Waals surface area contributed by atoms with Crippen LogP contribution < -0.4 is 5.32 Å². The van der Waals surface area contributed by atoms with Crippen LogP contribution in [0.25, 0.3) is 0 Å². The molecule has 0 spiro atoms. The average molecular weight is 211 g/mol. The fourth-order valence-corrected chi connectivity index (χ4v) is 1.15. The molecule has 0 aliphatic rings. The first-order chi connectivity index (χ1) is 7.72. The zero-order chi connectivity index (χ0) is 11.8. The van der Waals surface area contributed by atoms with E-state index in [2.05, 4.69) is 23.1 Å². The SMILES string of the molecule is C#Cc1cccc(C#CCCNC(C)=O)c1. The lowest BCUT2D eigenvalue weighted by Gasteiger charge is -1.95. The molecule has 16 heavy (non-hydrogen) atoms. The van der Waals surface area contributed by atoms with Crippen LogP contribution in [0.5, 0.6) is 0 Å². The van der Waals surface area contributed by atoms with Gasteiger partial charge in [-0.15, -0.1) is 6.42 Å². The lowest BCUT2D eigenvalue weighted by molar-refractivity contribution is -0.118. The van der Waals surface area contributed by atoms with Crippen molar-refractivity contribution in [3.05, 3.63) is 35.4 Å². The number of amides is 1. The van der Waals surface area contributed by atoms with E-state index < -0.39 is 0 Å². The molecular formula is C14H13NO. The highest BCUT2D eigenvalue weighted by molar-refractivity contribution is 5.72. The van der Waals surface area contributed by atoms with Crippen molar-refractivity contribution in [3.63, 3.8) is 0 Å². The Labute approximate surface area is 96.1 Å². The second kappa shape index (κ2) is 6.32.